The number of hydrogen-bond acceptors (Lipinski definition) is 10. The molecule has 1 aromatic carbocycles. The summed E-state index contributed by atoms with van der Waals surface area (Å²) < 4.78 is 40.7. The van der Waals surface area contributed by atoms with E-state index in [4.69, 9.17) is 13.4 Å². The van der Waals surface area contributed by atoms with Crippen LogP contribution in [0.2, 0.25) is 0 Å². The number of hydrogen-bond donors (Lipinski definition) is 2. The molecule has 3 rings (SSSR count). The van der Waals surface area contributed by atoms with Crippen LogP contribution in [0, 0.1) is 6.92 Å². The van der Waals surface area contributed by atoms with Crippen LogP contribution in [-0.4, -0.2) is 41.7 Å². The quantitative estimate of drug-likeness (QED) is 0.611. The fourth-order valence-electron chi connectivity index (χ4n) is 2.09. The third kappa shape index (κ3) is 4.70. The number of anilines is 1. The fraction of sp³-hybridized carbons (Fsp3) is 0.133. The zero-order valence-electron chi connectivity index (χ0n) is 14.6. The van der Waals surface area contributed by atoms with Crippen LogP contribution in [0.15, 0.2) is 41.1 Å². The summed E-state index contributed by atoms with van der Waals surface area (Å²) in [5.74, 6) is 0.0252. The Morgan fingerprint density at radius 3 is 2.64 bits per heavy atom. The number of benzene rings is 1. The van der Waals surface area contributed by atoms with E-state index in [0.717, 1.165) is 0 Å². The number of ether oxygens (including phenoxy) is 1. The van der Waals surface area contributed by atoms with E-state index in [9.17, 15) is 13.2 Å². The topological polar surface area (TPSA) is 158 Å². The van der Waals surface area contributed by atoms with Gasteiger partial charge in [-0.05, 0) is 19.1 Å². The monoisotopic (exact) mass is 406 g/mol. The second kappa shape index (κ2) is 7.87. The zero-order valence-corrected chi connectivity index (χ0v) is 15.4. The molecule has 0 saturated carbocycles. The number of methoxy groups -OCH3 is 1. The highest BCUT2D eigenvalue weighted by atomic mass is 32.2. The van der Waals surface area contributed by atoms with Gasteiger partial charge in [0.15, 0.2) is 5.75 Å². The Balaban J connectivity index is 1.73. The number of rotatable bonds is 6. The molecule has 12 nitrogen and oxygen atoms in total. The maximum atomic E-state index is 12.2. The highest BCUT2D eigenvalue weighted by Crippen LogP contribution is 2.29. The van der Waals surface area contributed by atoms with Gasteiger partial charge in [0.05, 0.1) is 7.11 Å². The summed E-state index contributed by atoms with van der Waals surface area (Å²) >= 11 is 0. The third-order valence-corrected chi connectivity index (χ3v) is 3.99. The molecule has 0 spiro atoms. The van der Waals surface area contributed by atoms with Crippen molar-refractivity contribution < 1.29 is 26.7 Å². The maximum Gasteiger partial charge on any atom is 0.411 e. The Labute approximate surface area is 159 Å². The third-order valence-electron chi connectivity index (χ3n) is 3.15. The number of nitrogens with one attached hydrogen (secondary N) is 2. The number of carbonyl (C=O) groups is 1. The summed E-state index contributed by atoms with van der Waals surface area (Å²) in [6.45, 7) is 1.55. The number of aryl methyl sites for hydroxylation is 1. The predicted molar refractivity (Wildman–Crippen MR) is 94.8 cm³/mol. The van der Waals surface area contributed by atoms with Gasteiger partial charge in [-0.2, -0.15) is 23.4 Å². The largest absolute Gasteiger partial charge is 0.467 e. The van der Waals surface area contributed by atoms with Gasteiger partial charge in [-0.25, -0.2) is 9.52 Å². The Morgan fingerprint density at radius 2 is 1.93 bits per heavy atom. The second-order valence-electron chi connectivity index (χ2n) is 5.17. The van der Waals surface area contributed by atoms with Gasteiger partial charge in [-0.1, -0.05) is 17.3 Å². The summed E-state index contributed by atoms with van der Waals surface area (Å²) in [4.78, 5) is 23.5. The van der Waals surface area contributed by atoms with Gasteiger partial charge in [0.2, 0.25) is 5.95 Å². The van der Waals surface area contributed by atoms with Gasteiger partial charge in [-0.15, -0.1) is 0 Å². The van der Waals surface area contributed by atoms with Crippen LogP contribution in [0.4, 0.5) is 10.7 Å². The van der Waals surface area contributed by atoms with Gasteiger partial charge < -0.3 is 13.4 Å². The molecule has 2 amide bonds. The molecular formula is C15H14N6O6S. The first-order valence-electron chi connectivity index (χ1n) is 7.66. The molecule has 0 aliphatic carbocycles. The average Bonchev–Trinajstić information content (AvgIpc) is 3.15. The number of nitrogens with zero attached hydrogens (tertiary/aromatic N) is 4. The van der Waals surface area contributed by atoms with Gasteiger partial charge >= 0.3 is 22.3 Å². The van der Waals surface area contributed by atoms with Crippen molar-refractivity contribution in [2.45, 2.75) is 6.92 Å². The van der Waals surface area contributed by atoms with Crippen LogP contribution < -0.4 is 19.0 Å². The molecule has 146 valence electrons. The van der Waals surface area contributed by atoms with Crippen LogP contribution in [0.1, 0.15) is 5.82 Å². The van der Waals surface area contributed by atoms with Crippen molar-refractivity contribution in [1.29, 1.82) is 0 Å². The van der Waals surface area contributed by atoms with Crippen molar-refractivity contribution in [3.8, 4) is 23.0 Å². The minimum absolute atomic E-state index is 0.0385. The van der Waals surface area contributed by atoms with E-state index in [2.05, 4.69) is 25.4 Å². The van der Waals surface area contributed by atoms with Crippen LogP contribution in [-0.2, 0) is 10.3 Å². The molecule has 13 heteroatoms. The minimum atomic E-state index is -4.52. The standard InChI is InChI=1S/C15H14N6O6S/c1-9-16-13(19-15(17-9)25-2)18-14(22)21-28(23,24)27-12-6-4-3-5-10(12)11-7-8-26-20-11/h3-8H,1-2H3,(H2,16,17,18,19,21,22). The van der Waals surface area contributed by atoms with Gasteiger partial charge in [-0.3, -0.25) is 5.32 Å². The molecule has 0 aliphatic heterocycles. The van der Waals surface area contributed by atoms with Crippen molar-refractivity contribution in [3.05, 3.63) is 42.4 Å². The first-order chi connectivity index (χ1) is 13.4. The van der Waals surface area contributed by atoms with E-state index in [1.807, 2.05) is 0 Å². The predicted octanol–water partition coefficient (Wildman–Crippen LogP) is 1.29. The normalized spacial score (nSPS) is 10.9. The minimum Gasteiger partial charge on any atom is -0.467 e. The number of para-hydroxylation sites is 1. The molecule has 0 saturated heterocycles. The molecule has 2 heterocycles. The maximum absolute atomic E-state index is 12.2. The van der Waals surface area contributed by atoms with E-state index < -0.39 is 16.3 Å². The van der Waals surface area contributed by atoms with Gasteiger partial charge in [0, 0.05) is 11.6 Å². The summed E-state index contributed by atoms with van der Waals surface area (Å²) in [6.07, 6.45) is 1.33. The number of amides is 2. The average molecular weight is 406 g/mol. The van der Waals surface area contributed by atoms with E-state index in [0.29, 0.717) is 11.3 Å². The molecule has 0 bridgehead atoms. The first-order valence-corrected chi connectivity index (χ1v) is 9.07. The Hall–Kier alpha value is -3.74. The lowest BCUT2D eigenvalue weighted by molar-refractivity contribution is 0.255. The SMILES string of the molecule is COc1nc(C)nc(NC(=O)NS(=O)(=O)Oc2ccccc2-c2ccon2)n1. The van der Waals surface area contributed by atoms with E-state index >= 15 is 0 Å². The molecule has 0 radical (unpaired) electrons. The van der Waals surface area contributed by atoms with Gasteiger partial charge in [0.1, 0.15) is 17.8 Å². The molecule has 2 aromatic heterocycles. The lowest BCUT2D eigenvalue weighted by Gasteiger charge is -2.11. The number of aromatic nitrogens is 4. The van der Waals surface area contributed by atoms with Crippen LogP contribution in [0.3, 0.4) is 0 Å². The van der Waals surface area contributed by atoms with Crippen LogP contribution in [0.5, 0.6) is 11.8 Å². The Kier molecular flexibility index (Phi) is 5.35. The Bertz CT molecular complexity index is 1090. The molecule has 3 aromatic rings. The van der Waals surface area contributed by atoms with Crippen molar-refractivity contribution in [2.75, 3.05) is 12.4 Å². The molecule has 0 unspecified atom stereocenters. The fourth-order valence-corrected chi connectivity index (χ4v) is 2.79. The van der Waals surface area contributed by atoms with Crippen molar-refractivity contribution in [3.63, 3.8) is 0 Å². The van der Waals surface area contributed by atoms with E-state index in [1.165, 1.54) is 25.5 Å². The van der Waals surface area contributed by atoms with Crippen molar-refractivity contribution >= 4 is 22.3 Å². The summed E-state index contributed by atoms with van der Waals surface area (Å²) in [6, 6.07) is 6.58. The molecule has 28 heavy (non-hydrogen) atoms. The summed E-state index contributed by atoms with van der Waals surface area (Å²) in [5.41, 5.74) is 0.725. The smallest absolute Gasteiger partial charge is 0.411 e. The lowest BCUT2D eigenvalue weighted by atomic mass is 10.1. The Morgan fingerprint density at radius 1 is 1.14 bits per heavy atom. The van der Waals surface area contributed by atoms with E-state index in [-0.39, 0.29) is 23.5 Å². The lowest BCUT2D eigenvalue weighted by Crippen LogP contribution is -2.37. The summed E-state index contributed by atoms with van der Waals surface area (Å²) in [7, 11) is -3.18. The molecule has 0 atom stereocenters. The highest BCUT2D eigenvalue weighted by Gasteiger charge is 2.20. The molecule has 2 N–H and O–H groups in total. The van der Waals surface area contributed by atoms with Crippen LogP contribution >= 0.6 is 0 Å². The molecule has 0 fully saturated rings. The van der Waals surface area contributed by atoms with Gasteiger partial charge in [0.25, 0.3) is 0 Å². The summed E-state index contributed by atoms with van der Waals surface area (Å²) in [5, 5.41) is 5.90. The molecular weight excluding hydrogens is 392 g/mol. The van der Waals surface area contributed by atoms with Crippen LogP contribution in [0.25, 0.3) is 11.3 Å². The second-order valence-corrected chi connectivity index (χ2v) is 6.45. The zero-order chi connectivity index (χ0) is 20.1. The van der Waals surface area contributed by atoms with Crippen molar-refractivity contribution in [2.24, 2.45) is 0 Å². The molecule has 0 aliphatic rings. The number of carbonyl (C=O) groups excluding carboxylic acids is 1. The first kappa shape index (κ1) is 19.0. The van der Waals surface area contributed by atoms with E-state index in [1.54, 1.807) is 29.8 Å². The number of urea groups is 1. The highest BCUT2D eigenvalue weighted by molar-refractivity contribution is 7.85. The van der Waals surface area contributed by atoms with Crippen molar-refractivity contribution in [1.82, 2.24) is 24.8 Å².